The summed E-state index contributed by atoms with van der Waals surface area (Å²) in [6.07, 6.45) is 13.4. The molecule has 24 heavy (non-hydrogen) atoms. The number of nitrogens with zero attached hydrogens (tertiary/aromatic N) is 3. The van der Waals surface area contributed by atoms with Crippen LogP contribution in [0.25, 0.3) is 17.0 Å². The summed E-state index contributed by atoms with van der Waals surface area (Å²) < 4.78 is 1.84. The molecule has 0 amide bonds. The van der Waals surface area contributed by atoms with Crippen molar-refractivity contribution in [2.24, 2.45) is 5.73 Å². The minimum absolute atomic E-state index is 0.369. The molecule has 2 aromatic rings. The minimum Gasteiger partial charge on any atom is -0.386 e. The Bertz CT molecular complexity index is 795. The zero-order valence-corrected chi connectivity index (χ0v) is 14.3. The van der Waals surface area contributed by atoms with Gasteiger partial charge in [-0.15, -0.1) is 0 Å². The smallest absolute Gasteiger partial charge is 0.138 e. The number of rotatable bonds is 6. The Kier molecular flexibility index (Phi) is 5.73. The maximum atomic E-state index is 5.77. The van der Waals surface area contributed by atoms with Crippen LogP contribution in [-0.2, 0) is 0 Å². The number of nitrogens with one attached hydrogen (secondary N) is 1. The lowest BCUT2D eigenvalue weighted by Gasteiger charge is -2.10. The van der Waals surface area contributed by atoms with Gasteiger partial charge in [0, 0.05) is 23.5 Å². The summed E-state index contributed by atoms with van der Waals surface area (Å²) in [6, 6.07) is 3.87. The van der Waals surface area contributed by atoms with Crippen molar-refractivity contribution in [1.82, 2.24) is 14.8 Å². The molecular weight excluding hydrogens is 298 g/mol. The Morgan fingerprint density at radius 2 is 1.96 bits per heavy atom. The highest BCUT2D eigenvalue weighted by molar-refractivity contribution is 5.74. The van der Waals surface area contributed by atoms with Crippen molar-refractivity contribution in [1.29, 1.82) is 0 Å². The maximum Gasteiger partial charge on any atom is 0.138 e. The Morgan fingerprint density at radius 1 is 1.25 bits per heavy atom. The molecule has 0 saturated heterocycles. The number of hydrogen-bond acceptors (Lipinski definition) is 4. The summed E-state index contributed by atoms with van der Waals surface area (Å²) in [6.45, 7) is 9.70. The number of allylic oxidation sites excluding steroid dienone is 6. The zero-order chi connectivity index (χ0) is 17.5. The summed E-state index contributed by atoms with van der Waals surface area (Å²) in [7, 11) is 0. The van der Waals surface area contributed by atoms with Crippen molar-refractivity contribution in [3.63, 3.8) is 0 Å². The fourth-order valence-electron chi connectivity index (χ4n) is 2.32. The van der Waals surface area contributed by atoms with Gasteiger partial charge in [-0.1, -0.05) is 30.9 Å². The van der Waals surface area contributed by atoms with Crippen molar-refractivity contribution in [2.45, 2.75) is 20.8 Å². The zero-order valence-electron chi connectivity index (χ0n) is 14.3. The Balaban J connectivity index is 2.59. The van der Waals surface area contributed by atoms with E-state index in [-0.39, 0.29) is 0 Å². The van der Waals surface area contributed by atoms with Crippen LogP contribution < -0.4 is 11.1 Å². The lowest BCUT2D eigenvalue weighted by molar-refractivity contribution is 0.914. The molecule has 0 bridgehead atoms. The van der Waals surface area contributed by atoms with Crippen molar-refractivity contribution in [3.8, 4) is 11.3 Å². The van der Waals surface area contributed by atoms with Gasteiger partial charge in [0.2, 0.25) is 0 Å². The fourth-order valence-corrected chi connectivity index (χ4v) is 2.32. The largest absolute Gasteiger partial charge is 0.386 e. The van der Waals surface area contributed by atoms with Crippen molar-refractivity contribution >= 4 is 11.5 Å². The number of nitrogens with two attached hydrogens (primary N) is 1. The number of aromatic nitrogens is 3. The third-order valence-electron chi connectivity index (χ3n) is 3.47. The molecule has 0 aromatic carbocycles. The molecule has 2 heterocycles. The number of anilines is 1. The molecule has 5 nitrogen and oxygen atoms in total. The van der Waals surface area contributed by atoms with Gasteiger partial charge in [-0.3, -0.25) is 4.98 Å². The average Bonchev–Trinajstić information content (AvgIpc) is 2.89. The summed E-state index contributed by atoms with van der Waals surface area (Å²) in [4.78, 5) is 4.06. The van der Waals surface area contributed by atoms with Crippen LogP contribution in [0.1, 0.15) is 19.4 Å². The van der Waals surface area contributed by atoms with E-state index in [4.69, 9.17) is 10.8 Å². The molecule has 0 atom stereocenters. The summed E-state index contributed by atoms with van der Waals surface area (Å²) >= 11 is 0. The second-order valence-electron chi connectivity index (χ2n) is 5.22. The van der Waals surface area contributed by atoms with Gasteiger partial charge < -0.3 is 11.1 Å². The Labute approximate surface area is 142 Å². The normalized spacial score (nSPS) is 12.2. The SMILES string of the molecule is C=C(N)Nc1c(C)c(-c2ccncc2)nn1C(/C=C\C=C/C)=C/C. The van der Waals surface area contributed by atoms with E-state index in [9.17, 15) is 0 Å². The monoisotopic (exact) mass is 321 g/mol. The average molecular weight is 321 g/mol. The van der Waals surface area contributed by atoms with Crippen molar-refractivity contribution in [3.05, 3.63) is 72.9 Å². The highest BCUT2D eigenvalue weighted by Gasteiger charge is 2.17. The first kappa shape index (κ1) is 17.3. The first-order valence-corrected chi connectivity index (χ1v) is 7.76. The fraction of sp³-hybridized carbons (Fsp3) is 0.158. The van der Waals surface area contributed by atoms with Gasteiger partial charge in [-0.05, 0) is 39.0 Å². The van der Waals surface area contributed by atoms with Gasteiger partial charge in [0.1, 0.15) is 5.82 Å². The second kappa shape index (κ2) is 7.97. The highest BCUT2D eigenvalue weighted by atomic mass is 15.3. The van der Waals surface area contributed by atoms with Gasteiger partial charge in [0.05, 0.1) is 17.2 Å². The molecular formula is C19H23N5. The maximum absolute atomic E-state index is 5.77. The molecule has 2 aromatic heterocycles. The number of pyridine rings is 1. The van der Waals surface area contributed by atoms with Gasteiger partial charge in [-0.2, -0.15) is 5.10 Å². The lowest BCUT2D eigenvalue weighted by Crippen LogP contribution is -2.12. The molecule has 0 spiro atoms. The lowest BCUT2D eigenvalue weighted by atomic mass is 10.1. The molecule has 124 valence electrons. The Hall–Kier alpha value is -3.08. The summed E-state index contributed by atoms with van der Waals surface area (Å²) in [5.74, 6) is 1.17. The van der Waals surface area contributed by atoms with E-state index in [1.165, 1.54) is 0 Å². The van der Waals surface area contributed by atoms with Crippen LogP contribution in [0.15, 0.2) is 67.3 Å². The predicted molar refractivity (Wildman–Crippen MR) is 101 cm³/mol. The van der Waals surface area contributed by atoms with Crippen LogP contribution in [0.4, 0.5) is 5.82 Å². The van der Waals surface area contributed by atoms with Crippen LogP contribution in [0, 0.1) is 6.92 Å². The quantitative estimate of drug-likeness (QED) is 0.786. The van der Waals surface area contributed by atoms with E-state index in [0.29, 0.717) is 5.82 Å². The molecule has 0 aliphatic rings. The standard InChI is InChI=1S/C19H23N5/c1-5-7-8-9-17(6-2)24-19(22-15(4)20)14(3)18(23-24)16-10-12-21-13-11-16/h5-13,22H,4,20H2,1-3H3/b7-5-,9-8-,17-6+. The number of hydrogen-bond donors (Lipinski definition) is 2. The molecule has 0 radical (unpaired) electrons. The van der Waals surface area contributed by atoms with E-state index in [1.807, 2.05) is 68.0 Å². The van der Waals surface area contributed by atoms with E-state index >= 15 is 0 Å². The minimum atomic E-state index is 0.369. The molecule has 0 fully saturated rings. The predicted octanol–water partition coefficient (Wildman–Crippen LogP) is 4.09. The van der Waals surface area contributed by atoms with Crippen LogP contribution >= 0.6 is 0 Å². The molecule has 0 aliphatic carbocycles. The summed E-state index contributed by atoms with van der Waals surface area (Å²) in [5, 5.41) is 7.88. The Morgan fingerprint density at radius 3 is 2.54 bits per heavy atom. The van der Waals surface area contributed by atoms with Gasteiger partial charge >= 0.3 is 0 Å². The van der Waals surface area contributed by atoms with Crippen LogP contribution in [0.2, 0.25) is 0 Å². The second-order valence-corrected chi connectivity index (χ2v) is 5.22. The molecule has 0 unspecified atom stereocenters. The molecule has 0 aliphatic heterocycles. The molecule has 5 heteroatoms. The van der Waals surface area contributed by atoms with Crippen LogP contribution in [0.5, 0.6) is 0 Å². The van der Waals surface area contributed by atoms with Gasteiger partial charge in [-0.25, -0.2) is 4.68 Å². The van der Waals surface area contributed by atoms with Crippen molar-refractivity contribution < 1.29 is 0 Å². The third kappa shape index (κ3) is 3.81. The van der Waals surface area contributed by atoms with Crippen LogP contribution in [0.3, 0.4) is 0 Å². The summed E-state index contributed by atoms with van der Waals surface area (Å²) in [5.41, 5.74) is 9.57. The highest BCUT2D eigenvalue weighted by Crippen LogP contribution is 2.30. The van der Waals surface area contributed by atoms with E-state index in [1.54, 1.807) is 12.4 Å². The first-order chi connectivity index (χ1) is 11.6. The molecule has 0 saturated carbocycles. The topological polar surface area (TPSA) is 68.8 Å². The van der Waals surface area contributed by atoms with E-state index in [0.717, 1.165) is 28.3 Å². The molecule has 3 N–H and O–H groups in total. The van der Waals surface area contributed by atoms with Gasteiger partial charge in [0.25, 0.3) is 0 Å². The third-order valence-corrected chi connectivity index (χ3v) is 3.47. The van der Waals surface area contributed by atoms with E-state index in [2.05, 4.69) is 16.9 Å². The van der Waals surface area contributed by atoms with E-state index < -0.39 is 0 Å². The first-order valence-electron chi connectivity index (χ1n) is 7.76. The van der Waals surface area contributed by atoms with Crippen LogP contribution in [-0.4, -0.2) is 14.8 Å². The molecule has 2 rings (SSSR count). The van der Waals surface area contributed by atoms with Crippen molar-refractivity contribution in [2.75, 3.05) is 5.32 Å². The van der Waals surface area contributed by atoms with Gasteiger partial charge in [0.15, 0.2) is 0 Å².